The number of rotatable bonds is 7. The fraction of sp³-hybridized carbons (Fsp3) is 0. The van der Waals surface area contributed by atoms with Crippen LogP contribution >= 0.6 is 0 Å². The van der Waals surface area contributed by atoms with Crippen molar-refractivity contribution in [3.8, 4) is 45.3 Å². The van der Waals surface area contributed by atoms with Crippen molar-refractivity contribution in [2.75, 3.05) is 4.90 Å². The van der Waals surface area contributed by atoms with E-state index in [9.17, 15) is 8.22 Å². The molecule has 0 aliphatic carbocycles. The summed E-state index contributed by atoms with van der Waals surface area (Å²) in [5.74, 6) is 0.835. The number of nitrogens with zero attached hydrogens (tertiary/aromatic N) is 4. The van der Waals surface area contributed by atoms with Crippen LogP contribution in [0.25, 0.3) is 78.0 Å². The third-order valence-corrected chi connectivity index (χ3v) is 8.71. The predicted octanol–water partition coefficient (Wildman–Crippen LogP) is 13.1. The van der Waals surface area contributed by atoms with Crippen LogP contribution in [0.3, 0.4) is 0 Å². The average molecular weight is 709 g/mol. The van der Waals surface area contributed by atoms with Crippen molar-refractivity contribution in [3.05, 3.63) is 194 Å². The Morgan fingerprint density at radius 1 is 0.444 bits per heavy atom. The van der Waals surface area contributed by atoms with Crippen molar-refractivity contribution in [3.63, 3.8) is 0 Å². The molecule has 10 aromatic rings. The molecular weight excluding hydrogens is 661 g/mol. The third-order valence-electron chi connectivity index (χ3n) is 8.71. The van der Waals surface area contributed by atoms with E-state index >= 15 is 0 Å². The standard InChI is InChI=1S/C49H32N4O/c1-4-15-35(16-5-1)47-50-48(36-17-6-2-7-18-36)52-49(51-47)38-31-43(46-42-22-12-13-23-44(42)54-45(46)32-38)34-25-27-40(28-26-34)53(39-20-8-3-9-21-39)41-29-24-33-14-10-11-19-37(33)30-41/h1-32H/i3D,8D,9D,10D,11D,14D,19D,20D,21D,24D,25D,26D,27D,28D,29D,30D. The molecule has 0 bridgehead atoms. The van der Waals surface area contributed by atoms with Crippen molar-refractivity contribution < 1.29 is 26.3 Å². The average Bonchev–Trinajstić information content (AvgIpc) is 3.76. The van der Waals surface area contributed by atoms with Crippen molar-refractivity contribution >= 4 is 49.8 Å². The summed E-state index contributed by atoms with van der Waals surface area (Å²) < 4.78 is 150. The Kier molecular flexibility index (Phi) is 4.66. The minimum atomic E-state index is -0.936. The Hall–Kier alpha value is -7.37. The van der Waals surface area contributed by atoms with Crippen molar-refractivity contribution in [1.82, 2.24) is 15.0 Å². The fourth-order valence-corrected chi connectivity index (χ4v) is 6.24. The third kappa shape index (κ3) is 5.74. The van der Waals surface area contributed by atoms with Crippen LogP contribution in [0.2, 0.25) is 0 Å². The van der Waals surface area contributed by atoms with Gasteiger partial charge in [0.15, 0.2) is 17.5 Å². The summed E-state index contributed by atoms with van der Waals surface area (Å²) in [4.78, 5) is 15.1. The molecule has 5 heteroatoms. The molecule has 2 heterocycles. The molecule has 0 atom stereocenters. The molecule has 10 rings (SSSR count). The van der Waals surface area contributed by atoms with Gasteiger partial charge in [-0.1, -0.05) is 139 Å². The lowest BCUT2D eigenvalue weighted by Crippen LogP contribution is -2.09. The molecule has 8 aromatic carbocycles. The van der Waals surface area contributed by atoms with Crippen LogP contribution in [0, 0.1) is 0 Å². The van der Waals surface area contributed by atoms with E-state index in [2.05, 4.69) is 0 Å². The zero-order valence-electron chi connectivity index (χ0n) is 43.9. The van der Waals surface area contributed by atoms with E-state index in [4.69, 9.17) is 33.1 Å². The van der Waals surface area contributed by atoms with Gasteiger partial charge >= 0.3 is 0 Å². The van der Waals surface area contributed by atoms with Gasteiger partial charge in [-0.25, -0.2) is 15.0 Å². The summed E-state index contributed by atoms with van der Waals surface area (Å²) in [7, 11) is 0. The summed E-state index contributed by atoms with van der Waals surface area (Å²) in [6.45, 7) is 0. The van der Waals surface area contributed by atoms with Gasteiger partial charge in [0.2, 0.25) is 0 Å². The highest BCUT2D eigenvalue weighted by Crippen LogP contribution is 2.42. The number of furan rings is 1. The summed E-state index contributed by atoms with van der Waals surface area (Å²) in [5.41, 5.74) is -0.163. The molecule has 0 saturated heterocycles. The van der Waals surface area contributed by atoms with Crippen LogP contribution < -0.4 is 4.90 Å². The van der Waals surface area contributed by atoms with E-state index in [1.165, 1.54) is 0 Å². The number of benzene rings is 8. The Bertz CT molecular complexity index is 3750. The largest absolute Gasteiger partial charge is 0.456 e. The molecule has 2 aromatic heterocycles. The number of aromatic nitrogens is 3. The first-order valence-electron chi connectivity index (χ1n) is 24.7. The molecule has 0 radical (unpaired) electrons. The lowest BCUT2D eigenvalue weighted by molar-refractivity contribution is 0.669. The van der Waals surface area contributed by atoms with Crippen LogP contribution in [-0.2, 0) is 0 Å². The molecular formula is C49H32N4O. The van der Waals surface area contributed by atoms with Gasteiger partial charge in [-0.3, -0.25) is 0 Å². The van der Waals surface area contributed by atoms with Gasteiger partial charge in [0.25, 0.3) is 0 Å². The minimum absolute atomic E-state index is 0.135. The molecule has 0 saturated carbocycles. The molecule has 0 aliphatic heterocycles. The Morgan fingerprint density at radius 2 is 1.02 bits per heavy atom. The maximum absolute atomic E-state index is 9.74. The molecule has 54 heavy (non-hydrogen) atoms. The zero-order chi connectivity index (χ0) is 49.8. The Balaban J connectivity index is 1.30. The number of hydrogen-bond acceptors (Lipinski definition) is 5. The van der Waals surface area contributed by atoms with Gasteiger partial charge in [-0.2, -0.15) is 0 Å². The second kappa shape index (κ2) is 13.3. The molecule has 0 aliphatic rings. The maximum atomic E-state index is 9.74. The van der Waals surface area contributed by atoms with Crippen LogP contribution in [0.15, 0.2) is 198 Å². The van der Waals surface area contributed by atoms with E-state index in [1.807, 2.05) is 60.7 Å². The van der Waals surface area contributed by atoms with Crippen LogP contribution in [-0.4, -0.2) is 15.0 Å². The number of hydrogen-bond donors (Lipinski definition) is 0. The first-order chi connectivity index (χ1) is 33.4. The predicted molar refractivity (Wildman–Crippen MR) is 221 cm³/mol. The SMILES string of the molecule is [2H]c1c([2H])c([2H])c(N(c2c([2H])c([2H])c(-c3cc(-c4nc(-c5ccccc5)nc(-c5ccccc5)n4)cc4oc5ccccc5c34)c([2H])c2[2H])c2c([2H])c([2H])c3c([2H])c([2H])c([2H])c([2H])c3c2[2H])c([2H])c1[2H]. The van der Waals surface area contributed by atoms with Crippen molar-refractivity contribution in [2.45, 2.75) is 0 Å². The number of anilines is 3. The van der Waals surface area contributed by atoms with E-state index in [0.29, 0.717) is 49.6 Å². The van der Waals surface area contributed by atoms with Crippen LogP contribution in [0.5, 0.6) is 0 Å². The van der Waals surface area contributed by atoms with Crippen LogP contribution in [0.1, 0.15) is 21.9 Å². The summed E-state index contributed by atoms with van der Waals surface area (Å²) in [5, 5.41) is -0.142. The van der Waals surface area contributed by atoms with E-state index in [-0.39, 0.29) is 22.5 Å². The van der Waals surface area contributed by atoms with Crippen molar-refractivity contribution in [2.24, 2.45) is 0 Å². The molecule has 0 spiro atoms. The molecule has 5 nitrogen and oxygen atoms in total. The zero-order valence-corrected chi connectivity index (χ0v) is 27.9. The van der Waals surface area contributed by atoms with Crippen LogP contribution in [0.4, 0.5) is 17.1 Å². The number of para-hydroxylation sites is 2. The first-order valence-corrected chi connectivity index (χ1v) is 16.7. The molecule has 0 N–H and O–H groups in total. The van der Waals surface area contributed by atoms with Gasteiger partial charge in [0.05, 0.1) is 21.9 Å². The fourth-order valence-electron chi connectivity index (χ4n) is 6.24. The van der Waals surface area contributed by atoms with E-state index < -0.39 is 125 Å². The molecule has 0 fully saturated rings. The lowest BCUT2D eigenvalue weighted by Gasteiger charge is -2.26. The van der Waals surface area contributed by atoms with E-state index in [1.54, 1.807) is 36.4 Å². The second-order valence-electron chi connectivity index (χ2n) is 12.0. The molecule has 0 amide bonds. The second-order valence-corrected chi connectivity index (χ2v) is 12.0. The topological polar surface area (TPSA) is 55.1 Å². The highest BCUT2D eigenvalue weighted by Gasteiger charge is 2.19. The highest BCUT2D eigenvalue weighted by molar-refractivity contribution is 6.13. The Morgan fingerprint density at radius 3 is 1.72 bits per heavy atom. The normalized spacial score (nSPS) is 15.5. The van der Waals surface area contributed by atoms with Gasteiger partial charge in [0.1, 0.15) is 11.2 Å². The molecule has 254 valence electrons. The van der Waals surface area contributed by atoms with Gasteiger partial charge in [-0.05, 0) is 76.4 Å². The lowest BCUT2D eigenvalue weighted by atomic mass is 9.96. The van der Waals surface area contributed by atoms with E-state index in [0.717, 1.165) is 0 Å². The van der Waals surface area contributed by atoms with Crippen molar-refractivity contribution in [1.29, 1.82) is 0 Å². The summed E-state index contributed by atoms with van der Waals surface area (Å²) >= 11 is 0. The maximum Gasteiger partial charge on any atom is 0.164 e. The van der Waals surface area contributed by atoms with Gasteiger partial charge in [-0.15, -0.1) is 0 Å². The summed E-state index contributed by atoms with van der Waals surface area (Å²) in [6.07, 6.45) is 0. The number of fused-ring (bicyclic) bond motifs is 4. The summed E-state index contributed by atoms with van der Waals surface area (Å²) in [6, 6.07) is 15.4. The smallest absolute Gasteiger partial charge is 0.164 e. The van der Waals surface area contributed by atoms with Gasteiger partial charge < -0.3 is 9.32 Å². The Labute approximate surface area is 335 Å². The monoisotopic (exact) mass is 708 g/mol. The first kappa shape index (κ1) is 18.9. The van der Waals surface area contributed by atoms with Gasteiger partial charge in [0, 0.05) is 44.5 Å². The quantitative estimate of drug-likeness (QED) is 0.165. The molecule has 0 unspecified atom stereocenters. The minimum Gasteiger partial charge on any atom is -0.456 e. The highest BCUT2D eigenvalue weighted by atomic mass is 16.3.